The summed E-state index contributed by atoms with van der Waals surface area (Å²) >= 11 is 0. The second-order valence-electron chi connectivity index (χ2n) is 5.10. The van der Waals surface area contributed by atoms with Crippen molar-refractivity contribution < 1.29 is 0 Å². The summed E-state index contributed by atoms with van der Waals surface area (Å²) in [6, 6.07) is 12.1. The molecular formula is C17H18N4. The molecule has 0 aliphatic rings. The Kier molecular flexibility index (Phi) is 3.69. The van der Waals surface area contributed by atoms with E-state index in [2.05, 4.69) is 40.1 Å². The summed E-state index contributed by atoms with van der Waals surface area (Å²) in [6.45, 7) is 0.928. The van der Waals surface area contributed by atoms with Crippen molar-refractivity contribution in [3.05, 3.63) is 60.6 Å². The van der Waals surface area contributed by atoms with Crippen molar-refractivity contribution in [1.82, 2.24) is 9.97 Å². The predicted octanol–water partition coefficient (Wildman–Crippen LogP) is 2.89. The molecule has 0 unspecified atom stereocenters. The number of para-hydroxylation sites is 1. The number of nitrogens with zero attached hydrogens (tertiary/aromatic N) is 3. The van der Waals surface area contributed by atoms with E-state index in [0.717, 1.165) is 35.2 Å². The van der Waals surface area contributed by atoms with E-state index < -0.39 is 0 Å². The molecule has 21 heavy (non-hydrogen) atoms. The van der Waals surface area contributed by atoms with Crippen LogP contribution < -0.4 is 10.6 Å². The van der Waals surface area contributed by atoms with Crippen molar-refractivity contribution in [1.29, 1.82) is 0 Å². The Balaban J connectivity index is 1.85. The smallest absolute Gasteiger partial charge is 0.0951 e. The van der Waals surface area contributed by atoms with Gasteiger partial charge in [-0.2, -0.15) is 0 Å². The zero-order chi connectivity index (χ0) is 14.7. The van der Waals surface area contributed by atoms with E-state index in [-0.39, 0.29) is 0 Å². The van der Waals surface area contributed by atoms with Gasteiger partial charge in [-0.25, -0.2) is 0 Å². The number of fused-ring (bicyclic) bond motifs is 1. The molecule has 0 saturated heterocycles. The van der Waals surface area contributed by atoms with Gasteiger partial charge in [-0.3, -0.25) is 9.97 Å². The first kappa shape index (κ1) is 13.4. The van der Waals surface area contributed by atoms with Crippen LogP contribution in [0.4, 0.5) is 11.4 Å². The van der Waals surface area contributed by atoms with Gasteiger partial charge in [-0.15, -0.1) is 0 Å². The maximum absolute atomic E-state index is 6.00. The van der Waals surface area contributed by atoms with Crippen LogP contribution in [0.5, 0.6) is 0 Å². The van der Waals surface area contributed by atoms with E-state index in [1.54, 1.807) is 0 Å². The molecule has 3 aromatic rings. The number of rotatable bonds is 4. The van der Waals surface area contributed by atoms with E-state index in [9.17, 15) is 0 Å². The SMILES string of the molecule is CN(CCc1ccncc1)c1ccnc2c(N)cccc12. The molecule has 4 heteroatoms. The van der Waals surface area contributed by atoms with Gasteiger partial charge in [0.1, 0.15) is 0 Å². The second-order valence-corrected chi connectivity index (χ2v) is 5.10. The van der Waals surface area contributed by atoms with Crippen LogP contribution in [-0.2, 0) is 6.42 Å². The number of likely N-dealkylation sites (N-methyl/N-ethyl adjacent to an activating group) is 1. The predicted molar refractivity (Wildman–Crippen MR) is 87.4 cm³/mol. The van der Waals surface area contributed by atoms with E-state index in [1.165, 1.54) is 5.56 Å². The maximum atomic E-state index is 6.00. The topological polar surface area (TPSA) is 55.0 Å². The molecule has 4 nitrogen and oxygen atoms in total. The van der Waals surface area contributed by atoms with Crippen LogP contribution in [0, 0.1) is 0 Å². The molecule has 0 bridgehead atoms. The van der Waals surface area contributed by atoms with Gasteiger partial charge in [0.2, 0.25) is 0 Å². The normalized spacial score (nSPS) is 10.7. The van der Waals surface area contributed by atoms with Crippen molar-refractivity contribution in [2.24, 2.45) is 0 Å². The van der Waals surface area contributed by atoms with Crippen LogP contribution in [0.2, 0.25) is 0 Å². The zero-order valence-corrected chi connectivity index (χ0v) is 12.0. The van der Waals surface area contributed by atoms with Crippen LogP contribution in [0.3, 0.4) is 0 Å². The summed E-state index contributed by atoms with van der Waals surface area (Å²) in [6.07, 6.45) is 6.46. The number of nitrogen functional groups attached to an aromatic ring is 1. The van der Waals surface area contributed by atoms with Crippen molar-refractivity contribution in [3.8, 4) is 0 Å². The number of anilines is 2. The standard InChI is InChI=1S/C17H18N4/c1-21(12-8-13-5-9-19-10-6-13)16-7-11-20-17-14(16)3-2-4-15(17)18/h2-7,9-11H,8,12,18H2,1H3. The van der Waals surface area contributed by atoms with E-state index >= 15 is 0 Å². The number of hydrogen-bond donors (Lipinski definition) is 1. The highest BCUT2D eigenvalue weighted by molar-refractivity contribution is 5.97. The van der Waals surface area contributed by atoms with E-state index in [4.69, 9.17) is 5.73 Å². The van der Waals surface area contributed by atoms with Gasteiger partial charge < -0.3 is 10.6 Å². The van der Waals surface area contributed by atoms with Gasteiger partial charge in [0, 0.05) is 43.3 Å². The minimum atomic E-state index is 0.719. The van der Waals surface area contributed by atoms with Gasteiger partial charge in [0.05, 0.1) is 11.2 Å². The third-order valence-electron chi connectivity index (χ3n) is 3.68. The molecule has 2 N–H and O–H groups in total. The summed E-state index contributed by atoms with van der Waals surface area (Å²) in [5.41, 5.74) is 10.0. The molecule has 1 aromatic carbocycles. The molecule has 0 radical (unpaired) electrons. The third kappa shape index (κ3) is 2.79. The first-order valence-corrected chi connectivity index (χ1v) is 6.99. The van der Waals surface area contributed by atoms with Crippen LogP contribution in [0.25, 0.3) is 10.9 Å². The summed E-state index contributed by atoms with van der Waals surface area (Å²) in [7, 11) is 2.10. The molecule has 0 fully saturated rings. The van der Waals surface area contributed by atoms with Crippen molar-refractivity contribution in [3.63, 3.8) is 0 Å². The lowest BCUT2D eigenvalue weighted by Gasteiger charge is -2.21. The summed E-state index contributed by atoms with van der Waals surface area (Å²) in [4.78, 5) is 10.7. The van der Waals surface area contributed by atoms with E-state index in [1.807, 2.05) is 36.8 Å². The van der Waals surface area contributed by atoms with Gasteiger partial charge in [0.25, 0.3) is 0 Å². The molecule has 3 rings (SSSR count). The summed E-state index contributed by atoms with van der Waals surface area (Å²) in [5.74, 6) is 0. The first-order chi connectivity index (χ1) is 10.3. The Morgan fingerprint density at radius 1 is 1.05 bits per heavy atom. The highest BCUT2D eigenvalue weighted by Gasteiger charge is 2.08. The molecule has 0 spiro atoms. The first-order valence-electron chi connectivity index (χ1n) is 6.99. The quantitative estimate of drug-likeness (QED) is 0.746. The van der Waals surface area contributed by atoms with Crippen LogP contribution >= 0.6 is 0 Å². The minimum absolute atomic E-state index is 0.719. The lowest BCUT2D eigenvalue weighted by atomic mass is 10.1. The van der Waals surface area contributed by atoms with Gasteiger partial charge in [-0.1, -0.05) is 12.1 Å². The van der Waals surface area contributed by atoms with Crippen LogP contribution in [-0.4, -0.2) is 23.6 Å². The molecule has 2 aromatic heterocycles. The number of hydrogen-bond acceptors (Lipinski definition) is 4. The fourth-order valence-electron chi connectivity index (χ4n) is 2.48. The second kappa shape index (κ2) is 5.79. The minimum Gasteiger partial charge on any atom is -0.397 e. The van der Waals surface area contributed by atoms with E-state index in [0.29, 0.717) is 0 Å². The molecular weight excluding hydrogens is 260 g/mol. The number of pyridine rings is 2. The summed E-state index contributed by atoms with van der Waals surface area (Å²) in [5, 5.41) is 1.09. The largest absolute Gasteiger partial charge is 0.397 e. The Hall–Kier alpha value is -2.62. The Morgan fingerprint density at radius 3 is 2.67 bits per heavy atom. The Bertz CT molecular complexity index is 740. The van der Waals surface area contributed by atoms with Gasteiger partial charge >= 0.3 is 0 Å². The molecule has 0 amide bonds. The lowest BCUT2D eigenvalue weighted by molar-refractivity contribution is 0.877. The molecule has 2 heterocycles. The van der Waals surface area contributed by atoms with Gasteiger partial charge in [0.15, 0.2) is 0 Å². The van der Waals surface area contributed by atoms with Crippen LogP contribution in [0.1, 0.15) is 5.56 Å². The highest BCUT2D eigenvalue weighted by atomic mass is 15.1. The Morgan fingerprint density at radius 2 is 1.86 bits per heavy atom. The number of nitrogens with two attached hydrogens (primary N) is 1. The summed E-state index contributed by atoms with van der Waals surface area (Å²) < 4.78 is 0. The average Bonchev–Trinajstić information content (AvgIpc) is 2.53. The van der Waals surface area contributed by atoms with Crippen molar-refractivity contribution >= 4 is 22.3 Å². The fraction of sp³-hybridized carbons (Fsp3) is 0.176. The third-order valence-corrected chi connectivity index (χ3v) is 3.68. The highest BCUT2D eigenvalue weighted by Crippen LogP contribution is 2.27. The fourth-order valence-corrected chi connectivity index (χ4v) is 2.48. The maximum Gasteiger partial charge on any atom is 0.0951 e. The van der Waals surface area contributed by atoms with Crippen LogP contribution in [0.15, 0.2) is 55.0 Å². The average molecular weight is 278 g/mol. The number of aromatic nitrogens is 2. The van der Waals surface area contributed by atoms with Gasteiger partial charge in [-0.05, 0) is 36.2 Å². The zero-order valence-electron chi connectivity index (χ0n) is 12.0. The van der Waals surface area contributed by atoms with Crippen molar-refractivity contribution in [2.75, 3.05) is 24.2 Å². The monoisotopic (exact) mass is 278 g/mol. The molecule has 0 aliphatic heterocycles. The number of benzene rings is 1. The molecule has 0 atom stereocenters. The Labute approximate surface area is 124 Å². The lowest BCUT2D eigenvalue weighted by Crippen LogP contribution is -2.20. The molecule has 106 valence electrons. The molecule has 0 saturated carbocycles. The van der Waals surface area contributed by atoms with Crippen molar-refractivity contribution in [2.45, 2.75) is 6.42 Å². The molecule has 0 aliphatic carbocycles.